The Balaban J connectivity index is 2.31. The van der Waals surface area contributed by atoms with E-state index in [1.165, 1.54) is 0 Å². The van der Waals surface area contributed by atoms with Crippen molar-refractivity contribution in [1.82, 2.24) is 10.6 Å². The highest BCUT2D eigenvalue weighted by Gasteiger charge is 2.22. The Morgan fingerprint density at radius 1 is 1.18 bits per heavy atom. The van der Waals surface area contributed by atoms with Crippen molar-refractivity contribution in [2.45, 2.75) is 78.0 Å². The predicted octanol–water partition coefficient (Wildman–Crippen LogP) is 2.68. The third-order valence-electron chi connectivity index (χ3n) is 4.22. The maximum Gasteiger partial charge on any atom is 0.407 e. The van der Waals surface area contributed by atoms with Crippen molar-refractivity contribution in [3.05, 3.63) is 0 Å². The van der Waals surface area contributed by atoms with E-state index in [0.29, 0.717) is 24.4 Å². The van der Waals surface area contributed by atoms with Gasteiger partial charge >= 0.3 is 6.09 Å². The van der Waals surface area contributed by atoms with E-state index in [2.05, 4.69) is 24.5 Å². The van der Waals surface area contributed by atoms with Crippen molar-refractivity contribution in [2.75, 3.05) is 13.1 Å². The smallest absolute Gasteiger partial charge is 0.407 e. The number of aliphatic hydroxyl groups is 1. The van der Waals surface area contributed by atoms with Gasteiger partial charge in [-0.15, -0.1) is 0 Å². The molecule has 5 nitrogen and oxygen atoms in total. The maximum atomic E-state index is 11.7. The molecule has 1 atom stereocenters. The number of amides is 1. The first-order valence-corrected chi connectivity index (χ1v) is 8.55. The van der Waals surface area contributed by atoms with E-state index in [1.807, 2.05) is 20.8 Å². The van der Waals surface area contributed by atoms with Crippen LogP contribution in [0.4, 0.5) is 4.79 Å². The van der Waals surface area contributed by atoms with Crippen molar-refractivity contribution in [1.29, 1.82) is 0 Å². The van der Waals surface area contributed by atoms with Gasteiger partial charge in [0.1, 0.15) is 5.60 Å². The Labute approximate surface area is 135 Å². The highest BCUT2D eigenvalue weighted by atomic mass is 16.6. The van der Waals surface area contributed by atoms with Crippen molar-refractivity contribution in [3.63, 3.8) is 0 Å². The maximum absolute atomic E-state index is 11.7. The van der Waals surface area contributed by atoms with E-state index in [1.54, 1.807) is 0 Å². The summed E-state index contributed by atoms with van der Waals surface area (Å²) in [5.41, 5.74) is -0.460. The Kier molecular flexibility index (Phi) is 7.63. The minimum Gasteiger partial charge on any atom is -0.444 e. The highest BCUT2D eigenvalue weighted by molar-refractivity contribution is 5.67. The van der Waals surface area contributed by atoms with Crippen LogP contribution in [-0.4, -0.2) is 42.0 Å². The molecule has 0 spiro atoms. The third-order valence-corrected chi connectivity index (χ3v) is 4.22. The molecule has 1 aliphatic carbocycles. The minimum absolute atomic E-state index is 0.118. The highest BCUT2D eigenvalue weighted by Crippen LogP contribution is 2.19. The van der Waals surface area contributed by atoms with Crippen LogP contribution in [0.2, 0.25) is 0 Å². The SMILES string of the molecule is CC(C)C(CNC(=O)OC(C)(C)C)CNC1CCC(O)CC1. The van der Waals surface area contributed by atoms with Gasteiger partial charge in [-0.3, -0.25) is 0 Å². The number of aliphatic hydroxyl groups excluding tert-OH is 1. The first-order chi connectivity index (χ1) is 10.2. The molecule has 0 saturated heterocycles. The molecule has 5 heteroatoms. The molecule has 0 heterocycles. The summed E-state index contributed by atoms with van der Waals surface area (Å²) >= 11 is 0. The molecule has 1 fully saturated rings. The molecule has 1 unspecified atom stereocenters. The van der Waals surface area contributed by atoms with Gasteiger partial charge in [0.05, 0.1) is 6.10 Å². The zero-order valence-corrected chi connectivity index (χ0v) is 14.8. The van der Waals surface area contributed by atoms with E-state index in [4.69, 9.17) is 4.74 Å². The molecule has 0 aliphatic heterocycles. The number of hydrogen-bond acceptors (Lipinski definition) is 4. The topological polar surface area (TPSA) is 70.6 Å². The largest absolute Gasteiger partial charge is 0.444 e. The number of hydrogen-bond donors (Lipinski definition) is 3. The van der Waals surface area contributed by atoms with Crippen LogP contribution in [0.3, 0.4) is 0 Å². The molecular formula is C17H34N2O3. The van der Waals surface area contributed by atoms with E-state index >= 15 is 0 Å². The molecule has 1 saturated carbocycles. The summed E-state index contributed by atoms with van der Waals surface area (Å²) in [6.45, 7) is 11.5. The van der Waals surface area contributed by atoms with Crippen molar-refractivity contribution < 1.29 is 14.6 Å². The standard InChI is InChI=1S/C17H34N2O3/c1-12(2)13(11-19-16(21)22-17(3,4)5)10-18-14-6-8-15(20)9-7-14/h12-15,18,20H,6-11H2,1-5H3,(H,19,21). The third kappa shape index (κ3) is 7.99. The van der Waals surface area contributed by atoms with Crippen LogP contribution in [0, 0.1) is 11.8 Å². The van der Waals surface area contributed by atoms with Gasteiger partial charge in [-0.1, -0.05) is 13.8 Å². The Morgan fingerprint density at radius 3 is 2.27 bits per heavy atom. The lowest BCUT2D eigenvalue weighted by atomic mass is 9.91. The zero-order valence-electron chi connectivity index (χ0n) is 14.8. The van der Waals surface area contributed by atoms with Crippen LogP contribution in [0.1, 0.15) is 60.3 Å². The summed E-state index contributed by atoms with van der Waals surface area (Å²) in [5, 5.41) is 16.0. The normalized spacial score (nSPS) is 24.1. The summed E-state index contributed by atoms with van der Waals surface area (Å²) < 4.78 is 5.28. The summed E-state index contributed by atoms with van der Waals surface area (Å²) in [6, 6.07) is 0.492. The fourth-order valence-electron chi connectivity index (χ4n) is 2.67. The van der Waals surface area contributed by atoms with Crippen LogP contribution >= 0.6 is 0 Å². The van der Waals surface area contributed by atoms with Crippen LogP contribution in [-0.2, 0) is 4.74 Å². The lowest BCUT2D eigenvalue weighted by molar-refractivity contribution is 0.0513. The van der Waals surface area contributed by atoms with Gasteiger partial charge in [-0.25, -0.2) is 4.79 Å². The fourth-order valence-corrected chi connectivity index (χ4v) is 2.67. The molecule has 1 rings (SSSR count). The Hall–Kier alpha value is -0.810. The Bertz CT molecular complexity index is 331. The molecule has 130 valence electrons. The molecular weight excluding hydrogens is 280 g/mol. The Morgan fingerprint density at radius 2 is 1.77 bits per heavy atom. The first-order valence-electron chi connectivity index (χ1n) is 8.55. The summed E-state index contributed by atoms with van der Waals surface area (Å²) in [6.07, 6.45) is 3.38. The van der Waals surface area contributed by atoms with E-state index < -0.39 is 5.60 Å². The number of alkyl carbamates (subject to hydrolysis) is 1. The van der Waals surface area contributed by atoms with Crippen LogP contribution in [0.15, 0.2) is 0 Å². The van der Waals surface area contributed by atoms with Gasteiger partial charge in [-0.05, 0) is 58.3 Å². The predicted molar refractivity (Wildman–Crippen MR) is 88.8 cm³/mol. The second-order valence-electron chi connectivity index (χ2n) is 7.80. The summed E-state index contributed by atoms with van der Waals surface area (Å²) in [4.78, 5) is 11.7. The van der Waals surface area contributed by atoms with Crippen molar-refractivity contribution >= 4 is 6.09 Å². The second-order valence-corrected chi connectivity index (χ2v) is 7.80. The molecule has 0 aromatic heterocycles. The lowest BCUT2D eigenvalue weighted by Crippen LogP contribution is -2.43. The lowest BCUT2D eigenvalue weighted by Gasteiger charge is -2.29. The van der Waals surface area contributed by atoms with Gasteiger partial charge in [0.15, 0.2) is 0 Å². The average molecular weight is 314 g/mol. The zero-order chi connectivity index (χ0) is 16.8. The number of carbonyl (C=O) groups is 1. The molecule has 3 N–H and O–H groups in total. The molecule has 0 aromatic carbocycles. The van der Waals surface area contributed by atoms with Crippen LogP contribution < -0.4 is 10.6 Å². The number of ether oxygens (including phenoxy) is 1. The second kappa shape index (κ2) is 8.73. The van der Waals surface area contributed by atoms with Gasteiger partial charge in [0.25, 0.3) is 0 Å². The molecule has 0 aromatic rings. The van der Waals surface area contributed by atoms with Gasteiger partial charge in [-0.2, -0.15) is 0 Å². The van der Waals surface area contributed by atoms with Gasteiger partial charge in [0, 0.05) is 19.1 Å². The fraction of sp³-hybridized carbons (Fsp3) is 0.941. The number of nitrogens with one attached hydrogen (secondary N) is 2. The first kappa shape index (κ1) is 19.2. The molecule has 0 bridgehead atoms. The van der Waals surface area contributed by atoms with Crippen molar-refractivity contribution in [3.8, 4) is 0 Å². The van der Waals surface area contributed by atoms with Crippen LogP contribution in [0.25, 0.3) is 0 Å². The van der Waals surface area contributed by atoms with Crippen molar-refractivity contribution in [2.24, 2.45) is 11.8 Å². The van der Waals surface area contributed by atoms with E-state index in [9.17, 15) is 9.90 Å². The van der Waals surface area contributed by atoms with Gasteiger partial charge < -0.3 is 20.5 Å². The number of rotatable bonds is 6. The van der Waals surface area contributed by atoms with E-state index in [0.717, 1.165) is 32.2 Å². The van der Waals surface area contributed by atoms with Crippen LogP contribution in [0.5, 0.6) is 0 Å². The average Bonchev–Trinajstić information content (AvgIpc) is 2.38. The van der Waals surface area contributed by atoms with Gasteiger partial charge in [0.2, 0.25) is 0 Å². The minimum atomic E-state index is -0.460. The molecule has 1 amide bonds. The monoisotopic (exact) mass is 314 g/mol. The number of carbonyl (C=O) groups excluding carboxylic acids is 1. The molecule has 1 aliphatic rings. The molecule has 0 radical (unpaired) electrons. The molecule has 22 heavy (non-hydrogen) atoms. The quantitative estimate of drug-likeness (QED) is 0.705. The summed E-state index contributed by atoms with van der Waals surface area (Å²) in [7, 11) is 0. The summed E-state index contributed by atoms with van der Waals surface area (Å²) in [5.74, 6) is 0.857. The van der Waals surface area contributed by atoms with E-state index in [-0.39, 0.29) is 12.2 Å².